The van der Waals surface area contributed by atoms with Gasteiger partial charge in [-0.2, -0.15) is 0 Å². The molecule has 1 N–H and O–H groups in total. The van der Waals surface area contributed by atoms with Crippen molar-refractivity contribution in [2.24, 2.45) is 0 Å². The summed E-state index contributed by atoms with van der Waals surface area (Å²) in [7, 11) is 0. The molecular weight excluding hydrogens is 232 g/mol. The van der Waals surface area contributed by atoms with Crippen LogP contribution < -0.4 is 0 Å². The number of benzene rings is 2. The summed E-state index contributed by atoms with van der Waals surface area (Å²) >= 11 is 0. The van der Waals surface area contributed by atoms with E-state index >= 15 is 0 Å². The fourth-order valence-electron chi connectivity index (χ4n) is 2.21. The van der Waals surface area contributed by atoms with Crippen molar-refractivity contribution in [3.63, 3.8) is 0 Å². The first-order chi connectivity index (χ1) is 8.97. The van der Waals surface area contributed by atoms with E-state index in [0.29, 0.717) is 5.75 Å². The lowest BCUT2D eigenvalue weighted by atomic mass is 9.97. The number of allylic oxidation sites excluding steroid dienone is 4. The van der Waals surface area contributed by atoms with Crippen molar-refractivity contribution in [2.75, 3.05) is 0 Å². The van der Waals surface area contributed by atoms with Gasteiger partial charge >= 0.3 is 0 Å². The van der Waals surface area contributed by atoms with Crippen molar-refractivity contribution < 1.29 is 5.11 Å². The zero-order valence-electron chi connectivity index (χ0n) is 12.0. The molecule has 0 radical (unpaired) electrons. The molecule has 0 saturated heterocycles. The second kappa shape index (κ2) is 5.31. The van der Waals surface area contributed by atoms with Crippen LogP contribution in [0.15, 0.2) is 53.6 Å². The molecule has 0 aromatic heterocycles. The average Bonchev–Trinajstić information content (AvgIpc) is 2.35. The van der Waals surface area contributed by atoms with Crippen LogP contribution in [0.1, 0.15) is 33.3 Å². The molecule has 0 fully saturated rings. The predicted octanol–water partition coefficient (Wildman–Crippen LogP) is 5.31. The van der Waals surface area contributed by atoms with Crippen LogP contribution in [0.25, 0.3) is 16.3 Å². The summed E-state index contributed by atoms with van der Waals surface area (Å²) in [6.07, 6.45) is 2.22. The molecule has 1 heteroatoms. The topological polar surface area (TPSA) is 20.2 Å². The van der Waals surface area contributed by atoms with Crippen LogP contribution in [0.5, 0.6) is 5.75 Å². The molecule has 1 nitrogen and oxygen atoms in total. The molecule has 2 rings (SSSR count). The molecule has 0 unspecified atom stereocenters. The van der Waals surface area contributed by atoms with E-state index in [1.807, 2.05) is 6.07 Å². The fourth-order valence-corrected chi connectivity index (χ4v) is 2.21. The van der Waals surface area contributed by atoms with Crippen molar-refractivity contribution in [1.82, 2.24) is 0 Å². The Morgan fingerprint density at radius 1 is 0.895 bits per heavy atom. The summed E-state index contributed by atoms with van der Waals surface area (Å²) in [6.45, 7) is 8.50. The number of phenols is 1. The third kappa shape index (κ3) is 3.05. The molecule has 0 amide bonds. The van der Waals surface area contributed by atoms with Gasteiger partial charge in [0.25, 0.3) is 0 Å². The molecule has 0 aliphatic rings. The number of hydrogen-bond acceptors (Lipinski definition) is 1. The summed E-state index contributed by atoms with van der Waals surface area (Å²) in [5.74, 6) is 0.312. The van der Waals surface area contributed by atoms with E-state index in [4.69, 9.17) is 0 Å². The quantitative estimate of drug-likeness (QED) is 0.718. The number of rotatable bonds is 2. The monoisotopic (exact) mass is 252 g/mol. The largest absolute Gasteiger partial charge is 0.508 e. The molecule has 98 valence electrons. The van der Waals surface area contributed by atoms with Crippen LogP contribution in [0.3, 0.4) is 0 Å². The van der Waals surface area contributed by atoms with Gasteiger partial charge in [0.15, 0.2) is 0 Å². The first kappa shape index (κ1) is 13.4. The van der Waals surface area contributed by atoms with Gasteiger partial charge in [-0.3, -0.25) is 0 Å². The molecule has 0 saturated carbocycles. The van der Waals surface area contributed by atoms with Gasteiger partial charge in [0.1, 0.15) is 5.75 Å². The minimum atomic E-state index is 0.312. The maximum Gasteiger partial charge on any atom is 0.116 e. The first-order valence-electron chi connectivity index (χ1n) is 6.53. The minimum absolute atomic E-state index is 0.312. The van der Waals surface area contributed by atoms with E-state index in [0.717, 1.165) is 10.8 Å². The van der Waals surface area contributed by atoms with E-state index in [1.54, 1.807) is 12.1 Å². The lowest BCUT2D eigenvalue weighted by molar-refractivity contribution is 0.476. The SMILES string of the molecule is CC(C)=CC(=C(C)C)c1ccc2cc(O)ccc2c1. The van der Waals surface area contributed by atoms with Gasteiger partial charge in [-0.15, -0.1) is 0 Å². The van der Waals surface area contributed by atoms with Crippen LogP contribution in [0.4, 0.5) is 0 Å². The summed E-state index contributed by atoms with van der Waals surface area (Å²) < 4.78 is 0. The van der Waals surface area contributed by atoms with Crippen molar-refractivity contribution >= 4 is 16.3 Å². The third-order valence-electron chi connectivity index (χ3n) is 3.11. The Morgan fingerprint density at radius 3 is 2.16 bits per heavy atom. The van der Waals surface area contributed by atoms with E-state index in [1.165, 1.54) is 22.3 Å². The molecule has 0 heterocycles. The Bertz CT molecular complexity index is 667. The van der Waals surface area contributed by atoms with E-state index in [-0.39, 0.29) is 0 Å². The molecule has 2 aromatic rings. The van der Waals surface area contributed by atoms with Crippen LogP contribution >= 0.6 is 0 Å². The fraction of sp³-hybridized carbons (Fsp3) is 0.222. The van der Waals surface area contributed by atoms with Crippen LogP contribution in [0, 0.1) is 0 Å². The van der Waals surface area contributed by atoms with Crippen LogP contribution in [-0.4, -0.2) is 5.11 Å². The second-order valence-corrected chi connectivity index (χ2v) is 5.38. The summed E-state index contributed by atoms with van der Waals surface area (Å²) in [4.78, 5) is 0. The van der Waals surface area contributed by atoms with Gasteiger partial charge in [0, 0.05) is 0 Å². The second-order valence-electron chi connectivity index (χ2n) is 5.38. The van der Waals surface area contributed by atoms with Crippen LogP contribution in [-0.2, 0) is 0 Å². The molecule has 0 bridgehead atoms. The molecule has 0 aliphatic heterocycles. The highest BCUT2D eigenvalue weighted by atomic mass is 16.3. The Balaban J connectivity index is 2.60. The maximum atomic E-state index is 9.50. The Morgan fingerprint density at radius 2 is 1.53 bits per heavy atom. The molecule has 19 heavy (non-hydrogen) atoms. The molecule has 2 aromatic carbocycles. The molecular formula is C18H20O. The van der Waals surface area contributed by atoms with Crippen molar-refractivity contribution in [3.05, 3.63) is 59.2 Å². The summed E-state index contributed by atoms with van der Waals surface area (Å²) in [6, 6.07) is 11.8. The van der Waals surface area contributed by atoms with Gasteiger partial charge in [-0.25, -0.2) is 0 Å². The lowest BCUT2D eigenvalue weighted by Crippen LogP contribution is -1.86. The average molecular weight is 252 g/mol. The summed E-state index contributed by atoms with van der Waals surface area (Å²) in [5.41, 5.74) is 5.09. The predicted molar refractivity (Wildman–Crippen MR) is 83.3 cm³/mol. The van der Waals surface area contributed by atoms with E-state index in [2.05, 4.69) is 52.0 Å². The van der Waals surface area contributed by atoms with Gasteiger partial charge in [-0.1, -0.05) is 35.4 Å². The number of aromatic hydroxyl groups is 1. The van der Waals surface area contributed by atoms with Gasteiger partial charge in [0.05, 0.1) is 0 Å². The normalized spacial score (nSPS) is 10.3. The van der Waals surface area contributed by atoms with Gasteiger partial charge in [-0.05, 0) is 67.8 Å². The van der Waals surface area contributed by atoms with Crippen molar-refractivity contribution in [1.29, 1.82) is 0 Å². The smallest absolute Gasteiger partial charge is 0.116 e. The standard InChI is InChI=1S/C18H20O/c1-12(2)9-18(13(3)4)16-6-5-15-11-17(19)8-7-14(15)10-16/h5-11,19H,1-4H3. The highest BCUT2D eigenvalue weighted by Crippen LogP contribution is 2.27. The summed E-state index contributed by atoms with van der Waals surface area (Å²) in [5, 5.41) is 11.7. The molecule has 0 spiro atoms. The van der Waals surface area contributed by atoms with E-state index < -0.39 is 0 Å². The molecule has 0 atom stereocenters. The number of hydrogen-bond donors (Lipinski definition) is 1. The molecule has 0 aliphatic carbocycles. The van der Waals surface area contributed by atoms with Crippen molar-refractivity contribution in [2.45, 2.75) is 27.7 Å². The number of phenolic OH excluding ortho intramolecular Hbond substituents is 1. The Labute approximate surface area is 114 Å². The number of fused-ring (bicyclic) bond motifs is 1. The van der Waals surface area contributed by atoms with Gasteiger partial charge < -0.3 is 5.11 Å². The Hall–Kier alpha value is -2.02. The van der Waals surface area contributed by atoms with Crippen molar-refractivity contribution in [3.8, 4) is 5.75 Å². The highest BCUT2D eigenvalue weighted by molar-refractivity contribution is 5.89. The first-order valence-corrected chi connectivity index (χ1v) is 6.53. The van der Waals surface area contributed by atoms with E-state index in [9.17, 15) is 5.11 Å². The minimum Gasteiger partial charge on any atom is -0.508 e. The maximum absolute atomic E-state index is 9.50. The van der Waals surface area contributed by atoms with Crippen LogP contribution in [0.2, 0.25) is 0 Å². The zero-order chi connectivity index (χ0) is 14.0. The van der Waals surface area contributed by atoms with Gasteiger partial charge in [0.2, 0.25) is 0 Å². The Kier molecular flexibility index (Phi) is 3.75. The third-order valence-corrected chi connectivity index (χ3v) is 3.11. The zero-order valence-corrected chi connectivity index (χ0v) is 12.0. The highest BCUT2D eigenvalue weighted by Gasteiger charge is 2.03. The lowest BCUT2D eigenvalue weighted by Gasteiger charge is -2.09.